The standard InChI is InChI=1S/C9H15F2N3S/c1-7(12)2-5-15-6-8-13-3-4-14(8)9(10)11/h3-4,7,9H,2,5-6,12H2,1H3. The normalized spacial score (nSPS) is 13.4. The topological polar surface area (TPSA) is 43.8 Å². The van der Waals surface area contributed by atoms with Gasteiger partial charge in [0.05, 0.1) is 5.75 Å². The van der Waals surface area contributed by atoms with E-state index < -0.39 is 6.55 Å². The zero-order valence-corrected chi connectivity index (χ0v) is 9.38. The second-order valence-electron chi connectivity index (χ2n) is 3.35. The summed E-state index contributed by atoms with van der Waals surface area (Å²) in [6.45, 7) is -0.572. The average molecular weight is 235 g/mol. The number of hydrogen-bond donors (Lipinski definition) is 1. The largest absolute Gasteiger partial charge is 0.328 e. The summed E-state index contributed by atoms with van der Waals surface area (Å²) >= 11 is 1.57. The summed E-state index contributed by atoms with van der Waals surface area (Å²) in [7, 11) is 0. The molecule has 0 spiro atoms. The third kappa shape index (κ3) is 4.17. The second-order valence-corrected chi connectivity index (χ2v) is 4.45. The molecule has 0 bridgehead atoms. The summed E-state index contributed by atoms with van der Waals surface area (Å²) in [5, 5.41) is 0. The van der Waals surface area contributed by atoms with Crippen molar-refractivity contribution in [3.8, 4) is 0 Å². The van der Waals surface area contributed by atoms with Crippen LogP contribution in [-0.2, 0) is 5.75 Å². The van der Waals surface area contributed by atoms with E-state index in [4.69, 9.17) is 5.73 Å². The van der Waals surface area contributed by atoms with Gasteiger partial charge in [0.25, 0.3) is 0 Å². The Morgan fingerprint density at radius 1 is 1.60 bits per heavy atom. The SMILES string of the molecule is CC(N)CCSCc1nccn1C(F)F. The molecule has 1 aromatic heterocycles. The van der Waals surface area contributed by atoms with Crippen LogP contribution in [0.3, 0.4) is 0 Å². The van der Waals surface area contributed by atoms with Crippen molar-refractivity contribution in [2.75, 3.05) is 5.75 Å². The van der Waals surface area contributed by atoms with Crippen LogP contribution in [0.4, 0.5) is 8.78 Å². The lowest BCUT2D eigenvalue weighted by Gasteiger charge is -2.07. The molecule has 0 fully saturated rings. The minimum atomic E-state index is -2.50. The van der Waals surface area contributed by atoms with Crippen LogP contribution >= 0.6 is 11.8 Å². The van der Waals surface area contributed by atoms with Crippen molar-refractivity contribution < 1.29 is 8.78 Å². The van der Waals surface area contributed by atoms with Crippen LogP contribution in [-0.4, -0.2) is 21.3 Å². The molecule has 0 saturated carbocycles. The van der Waals surface area contributed by atoms with Gasteiger partial charge in [-0.05, 0) is 19.1 Å². The summed E-state index contributed by atoms with van der Waals surface area (Å²) in [4.78, 5) is 3.88. The third-order valence-electron chi connectivity index (χ3n) is 1.91. The van der Waals surface area contributed by atoms with E-state index >= 15 is 0 Å². The van der Waals surface area contributed by atoms with Gasteiger partial charge in [-0.1, -0.05) is 0 Å². The van der Waals surface area contributed by atoms with E-state index in [0.717, 1.165) is 16.7 Å². The number of halogens is 2. The Morgan fingerprint density at radius 2 is 2.33 bits per heavy atom. The van der Waals surface area contributed by atoms with Gasteiger partial charge in [0, 0.05) is 18.4 Å². The number of nitrogens with zero attached hydrogens (tertiary/aromatic N) is 2. The molecule has 2 N–H and O–H groups in total. The first-order chi connectivity index (χ1) is 7.11. The number of aromatic nitrogens is 2. The first-order valence-corrected chi connectivity index (χ1v) is 5.90. The molecule has 0 aliphatic rings. The van der Waals surface area contributed by atoms with Gasteiger partial charge < -0.3 is 5.73 Å². The van der Waals surface area contributed by atoms with Gasteiger partial charge >= 0.3 is 6.55 Å². The molecular formula is C9H15F2N3S. The number of thioether (sulfide) groups is 1. The Morgan fingerprint density at radius 3 is 2.93 bits per heavy atom. The predicted octanol–water partition coefficient (Wildman–Crippen LogP) is 2.25. The number of nitrogens with two attached hydrogens (primary N) is 1. The van der Waals surface area contributed by atoms with Crippen molar-refractivity contribution in [1.29, 1.82) is 0 Å². The monoisotopic (exact) mass is 235 g/mol. The molecule has 0 radical (unpaired) electrons. The summed E-state index contributed by atoms with van der Waals surface area (Å²) < 4.78 is 25.7. The molecule has 86 valence electrons. The molecule has 0 aliphatic heterocycles. The number of alkyl halides is 2. The van der Waals surface area contributed by atoms with Crippen LogP contribution in [0.1, 0.15) is 25.7 Å². The quantitative estimate of drug-likeness (QED) is 0.769. The maximum Gasteiger partial charge on any atom is 0.319 e. The van der Waals surface area contributed by atoms with E-state index in [-0.39, 0.29) is 6.04 Å². The Labute approximate surface area is 92.1 Å². The lowest BCUT2D eigenvalue weighted by atomic mass is 10.3. The van der Waals surface area contributed by atoms with Gasteiger partial charge in [0.15, 0.2) is 0 Å². The Bertz CT molecular complexity index is 289. The van der Waals surface area contributed by atoms with Crippen molar-refractivity contribution in [2.45, 2.75) is 31.7 Å². The van der Waals surface area contributed by atoms with Gasteiger partial charge in [0.2, 0.25) is 0 Å². The lowest BCUT2D eigenvalue weighted by molar-refractivity contribution is 0.0678. The Kier molecular flexibility index (Phi) is 5.04. The van der Waals surface area contributed by atoms with Crippen LogP contribution in [0.5, 0.6) is 0 Å². The van der Waals surface area contributed by atoms with E-state index in [2.05, 4.69) is 4.98 Å². The number of rotatable bonds is 6. The van der Waals surface area contributed by atoms with Crippen LogP contribution in [0.15, 0.2) is 12.4 Å². The van der Waals surface area contributed by atoms with Gasteiger partial charge in [-0.3, -0.25) is 4.57 Å². The first-order valence-electron chi connectivity index (χ1n) is 4.74. The molecule has 1 atom stereocenters. The maximum atomic E-state index is 12.4. The molecule has 1 rings (SSSR count). The highest BCUT2D eigenvalue weighted by atomic mass is 32.2. The van der Waals surface area contributed by atoms with Crippen molar-refractivity contribution in [2.24, 2.45) is 5.73 Å². The highest BCUT2D eigenvalue weighted by Gasteiger charge is 2.10. The summed E-state index contributed by atoms with van der Waals surface area (Å²) in [5.41, 5.74) is 5.58. The minimum Gasteiger partial charge on any atom is -0.328 e. The molecule has 1 heterocycles. The third-order valence-corrected chi connectivity index (χ3v) is 2.89. The molecule has 6 heteroatoms. The van der Waals surface area contributed by atoms with Crippen LogP contribution in [0.25, 0.3) is 0 Å². The van der Waals surface area contributed by atoms with Gasteiger partial charge in [-0.15, -0.1) is 0 Å². The minimum absolute atomic E-state index is 0.160. The van der Waals surface area contributed by atoms with Gasteiger partial charge in [0.1, 0.15) is 5.82 Å². The van der Waals surface area contributed by atoms with E-state index in [1.54, 1.807) is 11.8 Å². The fraction of sp³-hybridized carbons (Fsp3) is 0.667. The van der Waals surface area contributed by atoms with Crippen molar-refractivity contribution in [3.63, 3.8) is 0 Å². The summed E-state index contributed by atoms with van der Waals surface area (Å²) in [6.07, 6.45) is 3.58. The molecule has 0 saturated heterocycles. The van der Waals surface area contributed by atoms with Crippen molar-refractivity contribution in [1.82, 2.24) is 9.55 Å². The molecular weight excluding hydrogens is 220 g/mol. The van der Waals surface area contributed by atoms with E-state index in [1.165, 1.54) is 12.4 Å². The fourth-order valence-electron chi connectivity index (χ4n) is 1.07. The van der Waals surface area contributed by atoms with Crippen molar-refractivity contribution in [3.05, 3.63) is 18.2 Å². The highest BCUT2D eigenvalue weighted by Crippen LogP contribution is 2.17. The predicted molar refractivity (Wildman–Crippen MR) is 57.9 cm³/mol. The zero-order chi connectivity index (χ0) is 11.3. The summed E-state index contributed by atoms with van der Waals surface area (Å²) in [5.74, 6) is 1.79. The fourth-order valence-corrected chi connectivity index (χ4v) is 2.16. The maximum absolute atomic E-state index is 12.4. The molecule has 0 amide bonds. The smallest absolute Gasteiger partial charge is 0.319 e. The number of imidazole rings is 1. The number of hydrogen-bond acceptors (Lipinski definition) is 3. The van der Waals surface area contributed by atoms with Crippen LogP contribution in [0, 0.1) is 0 Å². The molecule has 15 heavy (non-hydrogen) atoms. The second kappa shape index (κ2) is 6.07. The zero-order valence-electron chi connectivity index (χ0n) is 8.57. The van der Waals surface area contributed by atoms with Crippen molar-refractivity contribution >= 4 is 11.8 Å². The first kappa shape index (κ1) is 12.4. The van der Waals surface area contributed by atoms with E-state index in [0.29, 0.717) is 11.6 Å². The Balaban J connectivity index is 2.34. The van der Waals surface area contributed by atoms with E-state index in [9.17, 15) is 8.78 Å². The molecule has 1 unspecified atom stereocenters. The molecule has 0 aromatic carbocycles. The lowest BCUT2D eigenvalue weighted by Crippen LogP contribution is -2.15. The van der Waals surface area contributed by atoms with Crippen LogP contribution < -0.4 is 5.73 Å². The average Bonchev–Trinajstić information content (AvgIpc) is 2.60. The van der Waals surface area contributed by atoms with E-state index in [1.807, 2.05) is 6.92 Å². The van der Waals surface area contributed by atoms with Gasteiger partial charge in [-0.25, -0.2) is 4.98 Å². The Hall–Kier alpha value is -0.620. The highest BCUT2D eigenvalue weighted by molar-refractivity contribution is 7.98. The molecule has 0 aliphatic carbocycles. The summed E-state index contributed by atoms with van der Waals surface area (Å²) in [6, 6.07) is 0.160. The van der Waals surface area contributed by atoms with Crippen LogP contribution in [0.2, 0.25) is 0 Å². The molecule has 3 nitrogen and oxygen atoms in total. The molecule has 1 aromatic rings. The van der Waals surface area contributed by atoms with Gasteiger partial charge in [-0.2, -0.15) is 20.5 Å².